The van der Waals surface area contributed by atoms with Crippen molar-refractivity contribution in [1.82, 2.24) is 0 Å². The van der Waals surface area contributed by atoms with Gasteiger partial charge in [-0.25, -0.2) is 0 Å². The summed E-state index contributed by atoms with van der Waals surface area (Å²) in [6.45, 7) is 1.39. The molecule has 0 saturated carbocycles. The summed E-state index contributed by atoms with van der Waals surface area (Å²) in [6, 6.07) is 5.20. The van der Waals surface area contributed by atoms with Gasteiger partial charge in [0.05, 0.1) is 13.7 Å². The Kier molecular flexibility index (Phi) is 4.08. The number of aryl methyl sites for hydroxylation is 1. The minimum absolute atomic E-state index is 0.475. The molecule has 4 nitrogen and oxygen atoms in total. The van der Waals surface area contributed by atoms with E-state index in [1.807, 2.05) is 13.0 Å². The van der Waals surface area contributed by atoms with Gasteiger partial charge in [0.2, 0.25) is 0 Å². The molecule has 4 heteroatoms. The fourth-order valence-electron chi connectivity index (χ4n) is 1.39. The number of hydrogen-bond acceptors (Lipinski definition) is 4. The van der Waals surface area contributed by atoms with E-state index in [4.69, 9.17) is 9.84 Å². The summed E-state index contributed by atoms with van der Waals surface area (Å²) in [5.41, 5.74) is 1.46. The third kappa shape index (κ3) is 2.92. The number of aliphatic hydroxyl groups is 3. The van der Waals surface area contributed by atoms with Gasteiger partial charge in [0.1, 0.15) is 18.0 Å². The Labute approximate surface area is 88.8 Å². The van der Waals surface area contributed by atoms with E-state index in [0.717, 1.165) is 5.56 Å². The van der Waals surface area contributed by atoms with Crippen LogP contribution in [0.25, 0.3) is 0 Å². The fraction of sp³-hybridized carbons (Fsp3) is 0.455. The number of hydrogen-bond donors (Lipinski definition) is 3. The lowest BCUT2D eigenvalue weighted by Gasteiger charge is -2.17. The number of aliphatic hydroxyl groups excluding tert-OH is 3. The van der Waals surface area contributed by atoms with Crippen molar-refractivity contribution < 1.29 is 20.1 Å². The topological polar surface area (TPSA) is 69.9 Å². The van der Waals surface area contributed by atoms with Crippen LogP contribution < -0.4 is 4.74 Å². The highest BCUT2D eigenvalue weighted by Crippen LogP contribution is 2.23. The van der Waals surface area contributed by atoms with Crippen LogP contribution in [0.4, 0.5) is 0 Å². The largest absolute Gasteiger partial charge is 0.497 e. The second-order valence-electron chi connectivity index (χ2n) is 3.48. The van der Waals surface area contributed by atoms with Gasteiger partial charge in [-0.2, -0.15) is 0 Å². The third-order valence-corrected chi connectivity index (χ3v) is 2.20. The van der Waals surface area contributed by atoms with Crippen molar-refractivity contribution in [3.8, 4) is 5.75 Å². The van der Waals surface area contributed by atoms with Crippen LogP contribution in [-0.4, -0.2) is 35.1 Å². The molecule has 0 fully saturated rings. The maximum atomic E-state index is 9.67. The molecular weight excluding hydrogens is 196 g/mol. The van der Waals surface area contributed by atoms with Crippen LogP contribution in [0, 0.1) is 6.92 Å². The summed E-state index contributed by atoms with van der Waals surface area (Å²) in [4.78, 5) is 0. The minimum atomic E-state index is -1.17. The summed E-state index contributed by atoms with van der Waals surface area (Å²) in [5, 5.41) is 27.7. The molecule has 0 spiro atoms. The van der Waals surface area contributed by atoms with Gasteiger partial charge in [-0.05, 0) is 30.2 Å². The first-order chi connectivity index (χ1) is 7.08. The first kappa shape index (κ1) is 12.0. The van der Waals surface area contributed by atoms with Gasteiger partial charge in [-0.3, -0.25) is 0 Å². The molecule has 0 radical (unpaired) electrons. The molecule has 84 valence electrons. The van der Waals surface area contributed by atoms with Crippen LogP contribution >= 0.6 is 0 Å². The van der Waals surface area contributed by atoms with Gasteiger partial charge in [0.25, 0.3) is 0 Å². The average Bonchev–Trinajstić information content (AvgIpc) is 2.26. The van der Waals surface area contributed by atoms with E-state index in [9.17, 15) is 10.2 Å². The Morgan fingerprint density at radius 2 is 1.93 bits per heavy atom. The van der Waals surface area contributed by atoms with E-state index in [1.165, 1.54) is 7.11 Å². The van der Waals surface area contributed by atoms with Crippen molar-refractivity contribution in [2.45, 2.75) is 19.1 Å². The highest BCUT2D eigenvalue weighted by Gasteiger charge is 2.18. The van der Waals surface area contributed by atoms with Crippen LogP contribution in [0.5, 0.6) is 5.75 Å². The van der Waals surface area contributed by atoms with Gasteiger partial charge in [-0.1, -0.05) is 6.07 Å². The van der Waals surface area contributed by atoms with Crippen molar-refractivity contribution in [3.05, 3.63) is 29.3 Å². The lowest BCUT2D eigenvalue weighted by Crippen LogP contribution is -2.22. The highest BCUT2D eigenvalue weighted by molar-refractivity contribution is 5.35. The van der Waals surface area contributed by atoms with E-state index >= 15 is 0 Å². The summed E-state index contributed by atoms with van der Waals surface area (Å²) >= 11 is 0. The third-order valence-electron chi connectivity index (χ3n) is 2.20. The van der Waals surface area contributed by atoms with E-state index in [-0.39, 0.29) is 0 Å². The smallest absolute Gasteiger partial charge is 0.119 e. The molecule has 1 aromatic carbocycles. The summed E-state index contributed by atoms with van der Waals surface area (Å²) in [6.07, 6.45) is -2.26. The quantitative estimate of drug-likeness (QED) is 0.675. The van der Waals surface area contributed by atoms with Crippen molar-refractivity contribution >= 4 is 0 Å². The molecule has 2 atom stereocenters. The first-order valence-corrected chi connectivity index (χ1v) is 4.71. The van der Waals surface area contributed by atoms with Gasteiger partial charge in [0.15, 0.2) is 0 Å². The van der Waals surface area contributed by atoms with Crippen molar-refractivity contribution in [3.63, 3.8) is 0 Å². The molecule has 15 heavy (non-hydrogen) atoms. The van der Waals surface area contributed by atoms with Crippen molar-refractivity contribution in [2.75, 3.05) is 13.7 Å². The van der Waals surface area contributed by atoms with Gasteiger partial charge >= 0.3 is 0 Å². The van der Waals surface area contributed by atoms with Crippen LogP contribution in [0.15, 0.2) is 18.2 Å². The number of ether oxygens (including phenoxy) is 1. The Bertz CT molecular complexity index is 324. The monoisotopic (exact) mass is 212 g/mol. The predicted molar refractivity (Wildman–Crippen MR) is 55.8 cm³/mol. The van der Waals surface area contributed by atoms with Gasteiger partial charge in [0, 0.05) is 0 Å². The molecule has 1 rings (SSSR count). The highest BCUT2D eigenvalue weighted by atomic mass is 16.5. The van der Waals surface area contributed by atoms with E-state index in [2.05, 4.69) is 0 Å². The first-order valence-electron chi connectivity index (χ1n) is 4.71. The molecule has 0 saturated heterocycles. The number of methoxy groups -OCH3 is 1. The number of benzene rings is 1. The summed E-state index contributed by atoms with van der Waals surface area (Å²) in [5.74, 6) is 0.620. The Hall–Kier alpha value is -1.10. The predicted octanol–water partition coefficient (Wildman–Crippen LogP) is 0.390. The van der Waals surface area contributed by atoms with Crippen LogP contribution in [0.2, 0.25) is 0 Å². The maximum Gasteiger partial charge on any atom is 0.119 e. The molecular formula is C11H16O4. The molecule has 0 aromatic heterocycles. The van der Waals surface area contributed by atoms with Crippen molar-refractivity contribution in [1.29, 1.82) is 0 Å². The second kappa shape index (κ2) is 5.11. The van der Waals surface area contributed by atoms with E-state index < -0.39 is 18.8 Å². The SMILES string of the molecule is COc1cc(C)cc(C(O)C(O)CO)c1. The zero-order valence-corrected chi connectivity index (χ0v) is 8.84. The standard InChI is InChI=1S/C11H16O4/c1-7-3-8(5-9(4-7)15-2)11(14)10(13)6-12/h3-5,10-14H,6H2,1-2H3. The van der Waals surface area contributed by atoms with Gasteiger partial charge < -0.3 is 20.1 Å². The van der Waals surface area contributed by atoms with Crippen molar-refractivity contribution in [2.24, 2.45) is 0 Å². The Balaban J connectivity index is 2.97. The lowest BCUT2D eigenvalue weighted by molar-refractivity contribution is -0.0153. The average molecular weight is 212 g/mol. The molecule has 3 N–H and O–H groups in total. The molecule has 0 aliphatic heterocycles. The minimum Gasteiger partial charge on any atom is -0.497 e. The number of rotatable bonds is 4. The summed E-state index contributed by atoms with van der Waals surface area (Å²) in [7, 11) is 1.54. The maximum absolute atomic E-state index is 9.67. The van der Waals surface area contributed by atoms with Crippen LogP contribution in [-0.2, 0) is 0 Å². The molecule has 1 aromatic rings. The van der Waals surface area contributed by atoms with Gasteiger partial charge in [-0.15, -0.1) is 0 Å². The molecule has 2 unspecified atom stereocenters. The Morgan fingerprint density at radius 3 is 2.47 bits per heavy atom. The normalized spacial score (nSPS) is 14.7. The molecule has 0 aliphatic carbocycles. The molecule has 0 bridgehead atoms. The Morgan fingerprint density at radius 1 is 1.27 bits per heavy atom. The molecule has 0 heterocycles. The van der Waals surface area contributed by atoms with Crippen LogP contribution in [0.1, 0.15) is 17.2 Å². The molecule has 0 amide bonds. The summed E-state index contributed by atoms with van der Waals surface area (Å²) < 4.78 is 5.04. The fourth-order valence-corrected chi connectivity index (χ4v) is 1.39. The van der Waals surface area contributed by atoms with Crippen LogP contribution in [0.3, 0.4) is 0 Å². The zero-order valence-electron chi connectivity index (χ0n) is 8.84. The molecule has 0 aliphatic rings. The van der Waals surface area contributed by atoms with E-state index in [1.54, 1.807) is 12.1 Å². The van der Waals surface area contributed by atoms with E-state index in [0.29, 0.717) is 11.3 Å². The zero-order chi connectivity index (χ0) is 11.4. The lowest BCUT2D eigenvalue weighted by atomic mass is 10.0. The second-order valence-corrected chi connectivity index (χ2v) is 3.48.